The van der Waals surface area contributed by atoms with Gasteiger partial charge >= 0.3 is 5.69 Å². The molecular weight excluding hydrogens is 232 g/mol. The molecule has 0 aliphatic heterocycles. The molecule has 0 unspecified atom stereocenters. The van der Waals surface area contributed by atoms with Crippen molar-refractivity contribution in [3.8, 4) is 0 Å². The number of rotatable bonds is 3. The van der Waals surface area contributed by atoms with Gasteiger partial charge in [-0.3, -0.25) is 10.1 Å². The minimum absolute atomic E-state index is 0.0835. The van der Waals surface area contributed by atoms with E-state index in [4.69, 9.17) is 4.52 Å². The molecule has 0 amide bonds. The van der Waals surface area contributed by atoms with Crippen LogP contribution in [0.15, 0.2) is 28.8 Å². The van der Waals surface area contributed by atoms with Crippen molar-refractivity contribution in [2.45, 2.75) is 13.8 Å². The van der Waals surface area contributed by atoms with E-state index in [2.05, 4.69) is 5.16 Å². The van der Waals surface area contributed by atoms with Crippen LogP contribution in [0, 0.1) is 24.0 Å². The number of aromatic nitrogens is 1. The number of nitro groups is 1. The summed E-state index contributed by atoms with van der Waals surface area (Å²) in [6.07, 6.45) is 3.35. The zero-order valence-electron chi connectivity index (χ0n) is 10.1. The summed E-state index contributed by atoms with van der Waals surface area (Å²) < 4.78 is 4.94. The van der Waals surface area contributed by atoms with Gasteiger partial charge in [-0.2, -0.15) is 0 Å². The van der Waals surface area contributed by atoms with E-state index in [9.17, 15) is 10.1 Å². The van der Waals surface area contributed by atoms with Crippen molar-refractivity contribution in [1.82, 2.24) is 5.16 Å². The molecule has 0 bridgehead atoms. The molecule has 5 nitrogen and oxygen atoms in total. The highest BCUT2D eigenvalue weighted by Crippen LogP contribution is 2.24. The Balaban J connectivity index is 2.36. The van der Waals surface area contributed by atoms with Crippen molar-refractivity contribution < 1.29 is 9.45 Å². The molecule has 0 atom stereocenters. The van der Waals surface area contributed by atoms with Crippen molar-refractivity contribution in [2.75, 3.05) is 0 Å². The zero-order valence-corrected chi connectivity index (χ0v) is 10.1. The molecule has 0 aliphatic rings. The maximum atomic E-state index is 10.9. The van der Waals surface area contributed by atoms with Gasteiger partial charge in [-0.1, -0.05) is 35.5 Å². The van der Waals surface area contributed by atoms with Crippen LogP contribution in [0.5, 0.6) is 0 Å². The largest absolute Gasteiger partial charge is 0.349 e. The molecular formula is C13H12N2O3. The molecule has 0 fully saturated rings. The lowest BCUT2D eigenvalue weighted by atomic mass is 10.1. The third-order valence-corrected chi connectivity index (χ3v) is 2.64. The average molecular weight is 244 g/mol. The highest BCUT2D eigenvalue weighted by atomic mass is 16.6. The minimum Gasteiger partial charge on any atom is -0.349 e. The summed E-state index contributed by atoms with van der Waals surface area (Å²) in [6, 6.07) is 7.75. The first-order chi connectivity index (χ1) is 8.59. The second kappa shape index (κ2) is 4.83. The van der Waals surface area contributed by atoms with E-state index >= 15 is 0 Å². The molecule has 2 aromatic rings. The van der Waals surface area contributed by atoms with E-state index < -0.39 is 4.92 Å². The molecule has 1 heterocycles. The molecule has 0 aliphatic carbocycles. The topological polar surface area (TPSA) is 69.2 Å². The van der Waals surface area contributed by atoms with Gasteiger partial charge in [0.15, 0.2) is 5.69 Å². The standard InChI is InChI=1S/C13H12N2O3/c1-9-5-3-4-6-11(9)7-8-12-13(15(16)17)10(2)14-18-12/h3-8H,1-2H3/b8-7+. The third kappa shape index (κ3) is 2.29. The van der Waals surface area contributed by atoms with Crippen molar-refractivity contribution in [3.05, 3.63) is 57.0 Å². The SMILES string of the molecule is Cc1ccccc1/C=C/c1onc(C)c1[N+](=O)[O-]. The summed E-state index contributed by atoms with van der Waals surface area (Å²) in [5, 5.41) is 14.5. The molecule has 18 heavy (non-hydrogen) atoms. The highest BCUT2D eigenvalue weighted by molar-refractivity contribution is 5.72. The van der Waals surface area contributed by atoms with Crippen molar-refractivity contribution in [2.24, 2.45) is 0 Å². The van der Waals surface area contributed by atoms with Crippen LogP contribution in [0.1, 0.15) is 22.6 Å². The van der Waals surface area contributed by atoms with Crippen LogP contribution in [-0.4, -0.2) is 10.1 Å². The van der Waals surface area contributed by atoms with Gasteiger partial charge in [0.25, 0.3) is 0 Å². The summed E-state index contributed by atoms with van der Waals surface area (Å²) in [6.45, 7) is 3.52. The molecule has 2 rings (SSSR count). The number of aryl methyl sites for hydroxylation is 2. The number of nitrogens with zero attached hydrogens (tertiary/aromatic N) is 2. The molecule has 5 heteroatoms. The van der Waals surface area contributed by atoms with Crippen LogP contribution in [-0.2, 0) is 0 Å². The lowest BCUT2D eigenvalue weighted by Gasteiger charge is -1.97. The summed E-state index contributed by atoms with van der Waals surface area (Å²) in [5.41, 5.74) is 2.28. The van der Waals surface area contributed by atoms with Crippen LogP contribution in [0.2, 0.25) is 0 Å². The normalized spacial score (nSPS) is 11.0. The maximum absolute atomic E-state index is 10.9. The Hall–Kier alpha value is -2.43. The van der Waals surface area contributed by atoms with Crippen LogP contribution < -0.4 is 0 Å². The quantitative estimate of drug-likeness (QED) is 0.613. The lowest BCUT2D eigenvalue weighted by Crippen LogP contribution is -1.90. The van der Waals surface area contributed by atoms with Crippen LogP contribution >= 0.6 is 0 Å². The van der Waals surface area contributed by atoms with Crippen LogP contribution in [0.25, 0.3) is 12.2 Å². The van der Waals surface area contributed by atoms with Gasteiger partial charge in [0.2, 0.25) is 5.76 Å². The number of hydrogen-bond donors (Lipinski definition) is 0. The van der Waals surface area contributed by atoms with E-state index in [1.165, 1.54) is 0 Å². The zero-order chi connectivity index (χ0) is 13.1. The fourth-order valence-corrected chi connectivity index (χ4v) is 1.65. The second-order valence-corrected chi connectivity index (χ2v) is 3.93. The number of hydrogen-bond acceptors (Lipinski definition) is 4. The van der Waals surface area contributed by atoms with Gasteiger partial charge in [0, 0.05) is 0 Å². The summed E-state index contributed by atoms with van der Waals surface area (Å²) in [5.74, 6) is 0.167. The van der Waals surface area contributed by atoms with Gasteiger partial charge in [0.1, 0.15) is 0 Å². The molecule has 92 valence electrons. The molecule has 0 radical (unpaired) electrons. The van der Waals surface area contributed by atoms with Crippen LogP contribution in [0.3, 0.4) is 0 Å². The second-order valence-electron chi connectivity index (χ2n) is 3.93. The Morgan fingerprint density at radius 2 is 2.00 bits per heavy atom. The predicted octanol–water partition coefficient (Wildman–Crippen LogP) is 3.37. The van der Waals surface area contributed by atoms with Crippen molar-refractivity contribution in [1.29, 1.82) is 0 Å². The Morgan fingerprint density at radius 1 is 1.28 bits per heavy atom. The molecule has 1 aromatic carbocycles. The summed E-state index contributed by atoms with van der Waals surface area (Å²) in [7, 11) is 0. The summed E-state index contributed by atoms with van der Waals surface area (Å²) >= 11 is 0. The Morgan fingerprint density at radius 3 is 2.67 bits per heavy atom. The van der Waals surface area contributed by atoms with E-state index in [1.807, 2.05) is 31.2 Å². The molecule has 0 N–H and O–H groups in total. The first-order valence-corrected chi connectivity index (χ1v) is 5.44. The van der Waals surface area contributed by atoms with E-state index in [0.29, 0.717) is 0 Å². The first-order valence-electron chi connectivity index (χ1n) is 5.44. The molecule has 0 saturated heterocycles. The fraction of sp³-hybridized carbons (Fsp3) is 0.154. The highest BCUT2D eigenvalue weighted by Gasteiger charge is 2.21. The molecule has 0 spiro atoms. The van der Waals surface area contributed by atoms with Crippen molar-refractivity contribution >= 4 is 17.8 Å². The van der Waals surface area contributed by atoms with Crippen molar-refractivity contribution in [3.63, 3.8) is 0 Å². The molecule has 1 aromatic heterocycles. The Kier molecular flexibility index (Phi) is 3.23. The van der Waals surface area contributed by atoms with Gasteiger partial charge in [-0.25, -0.2) is 0 Å². The van der Waals surface area contributed by atoms with Crippen LogP contribution in [0.4, 0.5) is 5.69 Å². The average Bonchev–Trinajstić information content (AvgIpc) is 2.69. The van der Waals surface area contributed by atoms with E-state index in [0.717, 1.165) is 11.1 Å². The monoisotopic (exact) mass is 244 g/mol. The maximum Gasteiger partial charge on any atom is 0.338 e. The minimum atomic E-state index is -0.483. The Bertz CT molecular complexity index is 614. The van der Waals surface area contributed by atoms with E-state index in [1.54, 1.807) is 19.1 Å². The number of benzene rings is 1. The Labute approximate surface area is 104 Å². The van der Waals surface area contributed by atoms with E-state index in [-0.39, 0.29) is 17.1 Å². The fourth-order valence-electron chi connectivity index (χ4n) is 1.65. The third-order valence-electron chi connectivity index (χ3n) is 2.64. The van der Waals surface area contributed by atoms with Gasteiger partial charge in [0.05, 0.1) is 4.92 Å². The predicted molar refractivity (Wildman–Crippen MR) is 68.0 cm³/mol. The van der Waals surface area contributed by atoms with Gasteiger partial charge < -0.3 is 4.52 Å². The first kappa shape index (κ1) is 12.0. The van der Waals surface area contributed by atoms with Gasteiger partial charge in [-0.15, -0.1) is 0 Å². The van der Waals surface area contributed by atoms with Gasteiger partial charge in [-0.05, 0) is 31.1 Å². The smallest absolute Gasteiger partial charge is 0.338 e. The lowest BCUT2D eigenvalue weighted by molar-refractivity contribution is -0.386. The summed E-state index contributed by atoms with van der Waals surface area (Å²) in [4.78, 5) is 10.4. The molecule has 0 saturated carbocycles.